The maximum absolute atomic E-state index is 12.7. The lowest BCUT2D eigenvalue weighted by Crippen LogP contribution is -2.18. The van der Waals surface area contributed by atoms with Crippen molar-refractivity contribution in [1.29, 1.82) is 0 Å². The minimum atomic E-state index is -3.58. The summed E-state index contributed by atoms with van der Waals surface area (Å²) in [4.78, 5) is 0.337. The van der Waals surface area contributed by atoms with Gasteiger partial charge < -0.3 is 10.1 Å². The Labute approximate surface area is 161 Å². The van der Waals surface area contributed by atoms with Crippen molar-refractivity contribution in [3.05, 3.63) is 53.6 Å². The highest BCUT2D eigenvalue weighted by molar-refractivity contribution is 7.92. The predicted molar refractivity (Wildman–Crippen MR) is 108 cm³/mol. The van der Waals surface area contributed by atoms with Gasteiger partial charge in [-0.1, -0.05) is 6.07 Å². The number of sulfonamides is 1. The number of rotatable bonds is 6. The number of benzene rings is 2. The first-order valence-corrected chi connectivity index (χ1v) is 11.2. The van der Waals surface area contributed by atoms with E-state index in [1.165, 1.54) is 12.0 Å². The van der Waals surface area contributed by atoms with E-state index in [2.05, 4.69) is 10.0 Å². The number of anilines is 2. The highest BCUT2D eigenvalue weighted by Crippen LogP contribution is 2.25. The second-order valence-corrected chi connectivity index (χ2v) is 9.02. The minimum Gasteiger partial charge on any atom is -0.382 e. The minimum absolute atomic E-state index is 0.271. The molecular weight excluding hydrogens is 360 g/mol. The van der Waals surface area contributed by atoms with Crippen LogP contribution in [0.5, 0.6) is 0 Å². The van der Waals surface area contributed by atoms with E-state index in [9.17, 15) is 8.42 Å². The van der Waals surface area contributed by atoms with Crippen LogP contribution in [0, 0.1) is 0 Å². The van der Waals surface area contributed by atoms with Crippen LogP contribution in [-0.2, 0) is 27.6 Å². The third-order valence-electron chi connectivity index (χ3n) is 5.33. The Balaban J connectivity index is 1.41. The molecule has 2 aliphatic rings. The van der Waals surface area contributed by atoms with Crippen molar-refractivity contribution in [3.8, 4) is 0 Å². The molecule has 6 heteroatoms. The molecule has 1 aliphatic carbocycles. The Hall–Kier alpha value is -2.05. The fraction of sp³-hybridized carbons (Fsp3) is 0.429. The molecule has 2 aromatic carbocycles. The number of hydrogen-bond acceptors (Lipinski definition) is 4. The summed E-state index contributed by atoms with van der Waals surface area (Å²) in [5.74, 6) is 0. The van der Waals surface area contributed by atoms with Crippen LogP contribution in [0.1, 0.15) is 36.8 Å². The van der Waals surface area contributed by atoms with Crippen molar-refractivity contribution in [2.45, 2.75) is 49.5 Å². The van der Waals surface area contributed by atoms with Gasteiger partial charge in [0.15, 0.2) is 0 Å². The van der Waals surface area contributed by atoms with Gasteiger partial charge in [0.1, 0.15) is 0 Å². The SMILES string of the molecule is O=S(=O)(Nc1ccc(NCC2CCCO2)cc1)c1ccc2c(c1)CCCC2. The molecule has 2 aromatic rings. The van der Waals surface area contributed by atoms with Crippen molar-refractivity contribution in [2.75, 3.05) is 23.2 Å². The summed E-state index contributed by atoms with van der Waals surface area (Å²) in [7, 11) is -3.58. The first-order chi connectivity index (χ1) is 13.1. The number of nitrogens with one attached hydrogen (secondary N) is 2. The summed E-state index contributed by atoms with van der Waals surface area (Å²) in [5.41, 5.74) is 3.97. The highest BCUT2D eigenvalue weighted by atomic mass is 32.2. The monoisotopic (exact) mass is 386 g/mol. The van der Waals surface area contributed by atoms with Crippen LogP contribution in [0.4, 0.5) is 11.4 Å². The number of hydrogen-bond donors (Lipinski definition) is 2. The lowest BCUT2D eigenvalue weighted by molar-refractivity contribution is 0.120. The van der Waals surface area contributed by atoms with Crippen molar-refractivity contribution in [1.82, 2.24) is 0 Å². The predicted octanol–water partition coefficient (Wildman–Crippen LogP) is 3.96. The smallest absolute Gasteiger partial charge is 0.261 e. The van der Waals surface area contributed by atoms with Gasteiger partial charge in [0.25, 0.3) is 10.0 Å². The van der Waals surface area contributed by atoms with Gasteiger partial charge in [-0.25, -0.2) is 8.42 Å². The van der Waals surface area contributed by atoms with Crippen molar-refractivity contribution in [2.24, 2.45) is 0 Å². The zero-order valence-electron chi connectivity index (χ0n) is 15.4. The van der Waals surface area contributed by atoms with Gasteiger partial charge in [-0.3, -0.25) is 4.72 Å². The molecule has 1 saturated heterocycles. The van der Waals surface area contributed by atoms with Gasteiger partial charge >= 0.3 is 0 Å². The molecular formula is C21H26N2O3S. The molecule has 0 bridgehead atoms. The van der Waals surface area contributed by atoms with E-state index in [0.717, 1.165) is 56.5 Å². The zero-order chi connectivity index (χ0) is 18.7. The molecule has 0 saturated carbocycles. The fourth-order valence-electron chi connectivity index (χ4n) is 3.78. The largest absolute Gasteiger partial charge is 0.382 e. The molecule has 1 unspecified atom stereocenters. The molecule has 5 nitrogen and oxygen atoms in total. The van der Waals surface area contributed by atoms with Gasteiger partial charge in [-0.15, -0.1) is 0 Å². The van der Waals surface area contributed by atoms with Crippen LogP contribution in [0.25, 0.3) is 0 Å². The van der Waals surface area contributed by atoms with Crippen LogP contribution in [-0.4, -0.2) is 27.7 Å². The lowest BCUT2D eigenvalue weighted by Gasteiger charge is -2.17. The molecule has 1 atom stereocenters. The number of ether oxygens (including phenoxy) is 1. The number of aryl methyl sites for hydroxylation is 2. The fourth-order valence-corrected chi connectivity index (χ4v) is 4.89. The van der Waals surface area contributed by atoms with Crippen LogP contribution < -0.4 is 10.0 Å². The summed E-state index contributed by atoms with van der Waals surface area (Å²) in [6, 6.07) is 12.8. The lowest BCUT2D eigenvalue weighted by atomic mass is 9.92. The quantitative estimate of drug-likeness (QED) is 0.789. The van der Waals surface area contributed by atoms with E-state index >= 15 is 0 Å². The normalized spacial score (nSPS) is 19.5. The second kappa shape index (κ2) is 7.90. The van der Waals surface area contributed by atoms with Crippen LogP contribution in [0.15, 0.2) is 47.4 Å². The molecule has 0 aromatic heterocycles. The number of fused-ring (bicyclic) bond motifs is 1. The Morgan fingerprint density at radius 3 is 2.41 bits per heavy atom. The summed E-state index contributed by atoms with van der Waals surface area (Å²) >= 11 is 0. The first-order valence-electron chi connectivity index (χ1n) is 9.70. The van der Waals surface area contributed by atoms with Crippen LogP contribution in [0.2, 0.25) is 0 Å². The van der Waals surface area contributed by atoms with E-state index in [4.69, 9.17) is 4.74 Å². The van der Waals surface area contributed by atoms with E-state index < -0.39 is 10.0 Å². The van der Waals surface area contributed by atoms with Gasteiger partial charge in [-0.2, -0.15) is 0 Å². The first kappa shape index (κ1) is 18.3. The van der Waals surface area contributed by atoms with Crippen LogP contribution >= 0.6 is 0 Å². The highest BCUT2D eigenvalue weighted by Gasteiger charge is 2.18. The molecule has 1 heterocycles. The maximum Gasteiger partial charge on any atom is 0.261 e. The van der Waals surface area contributed by atoms with Gasteiger partial charge in [0.2, 0.25) is 0 Å². The molecule has 144 valence electrons. The molecule has 4 rings (SSSR count). The molecule has 2 N–H and O–H groups in total. The van der Waals surface area contributed by atoms with E-state index in [0.29, 0.717) is 10.6 Å². The average molecular weight is 387 g/mol. The average Bonchev–Trinajstić information content (AvgIpc) is 3.20. The summed E-state index contributed by atoms with van der Waals surface area (Å²) in [6.07, 6.45) is 6.80. The van der Waals surface area contributed by atoms with Gasteiger partial charge in [-0.05, 0) is 86.1 Å². The zero-order valence-corrected chi connectivity index (χ0v) is 16.2. The Kier molecular flexibility index (Phi) is 5.36. The van der Waals surface area contributed by atoms with Crippen molar-refractivity contribution < 1.29 is 13.2 Å². The molecule has 0 spiro atoms. The van der Waals surface area contributed by atoms with Crippen molar-refractivity contribution >= 4 is 21.4 Å². The Morgan fingerprint density at radius 2 is 1.67 bits per heavy atom. The molecule has 0 radical (unpaired) electrons. The molecule has 0 amide bonds. The third kappa shape index (κ3) is 4.45. The van der Waals surface area contributed by atoms with E-state index in [1.807, 2.05) is 24.3 Å². The maximum atomic E-state index is 12.7. The van der Waals surface area contributed by atoms with Crippen LogP contribution in [0.3, 0.4) is 0 Å². The second-order valence-electron chi connectivity index (χ2n) is 7.34. The Bertz CT molecular complexity index is 888. The van der Waals surface area contributed by atoms with E-state index in [1.54, 1.807) is 18.2 Å². The third-order valence-corrected chi connectivity index (χ3v) is 6.70. The standard InChI is InChI=1S/C21H26N2O3S/c24-27(25,21-12-7-16-4-1-2-5-17(16)14-21)23-19-10-8-18(9-11-19)22-15-20-6-3-13-26-20/h7-12,14,20,22-23H,1-6,13,15H2. The van der Waals surface area contributed by atoms with Gasteiger partial charge in [0.05, 0.1) is 11.0 Å². The van der Waals surface area contributed by atoms with E-state index in [-0.39, 0.29) is 6.10 Å². The topological polar surface area (TPSA) is 67.4 Å². The molecule has 1 fully saturated rings. The molecule has 1 aliphatic heterocycles. The summed E-state index contributed by atoms with van der Waals surface area (Å²) in [6.45, 7) is 1.62. The Morgan fingerprint density at radius 1 is 0.926 bits per heavy atom. The molecule has 27 heavy (non-hydrogen) atoms. The summed E-state index contributed by atoms with van der Waals surface area (Å²) < 4.78 is 33.7. The summed E-state index contributed by atoms with van der Waals surface area (Å²) in [5, 5.41) is 3.34. The van der Waals surface area contributed by atoms with Crippen molar-refractivity contribution in [3.63, 3.8) is 0 Å². The van der Waals surface area contributed by atoms with Gasteiger partial charge in [0, 0.05) is 24.5 Å².